The summed E-state index contributed by atoms with van der Waals surface area (Å²) in [6.45, 7) is 4.20. The molecule has 0 aromatic carbocycles. The Morgan fingerprint density at radius 2 is 0.613 bits per heavy atom. The first-order valence-electron chi connectivity index (χ1n) is 40.5. The van der Waals surface area contributed by atoms with Crippen LogP contribution in [-0.2, 0) is 32.7 Å². The van der Waals surface area contributed by atoms with E-state index in [4.69, 9.17) is 18.5 Å². The predicted molar refractivity (Wildman–Crippen MR) is 402 cm³/mol. The van der Waals surface area contributed by atoms with Gasteiger partial charge >= 0.3 is 11.9 Å². The van der Waals surface area contributed by atoms with Gasteiger partial charge in [-0.1, -0.05) is 396 Å². The number of quaternary nitrogens is 1. The molecule has 2 unspecified atom stereocenters. The number of hydrogen-bond donors (Lipinski definition) is 0. The van der Waals surface area contributed by atoms with Crippen molar-refractivity contribution < 1.29 is 42.1 Å². The molecule has 0 N–H and O–H groups in total. The molecular formula is C83H156NO8P. The van der Waals surface area contributed by atoms with E-state index >= 15 is 0 Å². The highest BCUT2D eigenvalue weighted by molar-refractivity contribution is 7.45. The molecule has 9 nitrogen and oxygen atoms in total. The summed E-state index contributed by atoms with van der Waals surface area (Å²) in [5, 5.41) is 0. The second-order valence-electron chi connectivity index (χ2n) is 28.8. The number of rotatable bonds is 76. The lowest BCUT2D eigenvalue weighted by molar-refractivity contribution is -0.870. The number of carbonyl (C=O) groups excluding carboxylic acids is 2. The zero-order valence-electron chi connectivity index (χ0n) is 62.5. The summed E-state index contributed by atoms with van der Waals surface area (Å²) in [4.78, 5) is 38.2. The summed E-state index contributed by atoms with van der Waals surface area (Å²) in [5.74, 6) is -0.810. The smallest absolute Gasteiger partial charge is 0.306 e. The maximum Gasteiger partial charge on any atom is 0.306 e. The molecule has 0 amide bonds. The first-order chi connectivity index (χ1) is 45.5. The minimum atomic E-state index is -4.64. The second-order valence-corrected chi connectivity index (χ2v) is 30.2. The van der Waals surface area contributed by atoms with Gasteiger partial charge in [-0.15, -0.1) is 0 Å². The van der Waals surface area contributed by atoms with Gasteiger partial charge in [0, 0.05) is 12.8 Å². The summed E-state index contributed by atoms with van der Waals surface area (Å²) in [6, 6.07) is 0. The summed E-state index contributed by atoms with van der Waals surface area (Å²) in [7, 11) is 1.19. The number of phosphoric ester groups is 1. The van der Waals surface area contributed by atoms with Crippen LogP contribution in [0.1, 0.15) is 406 Å². The van der Waals surface area contributed by atoms with Crippen LogP contribution in [0, 0.1) is 0 Å². The van der Waals surface area contributed by atoms with Crippen molar-refractivity contribution in [2.24, 2.45) is 0 Å². The zero-order valence-corrected chi connectivity index (χ0v) is 63.4. The summed E-state index contributed by atoms with van der Waals surface area (Å²) in [6.07, 6.45) is 99.3. The lowest BCUT2D eigenvalue weighted by Crippen LogP contribution is -2.37. The molecule has 0 fully saturated rings. The van der Waals surface area contributed by atoms with E-state index in [9.17, 15) is 19.0 Å². The lowest BCUT2D eigenvalue weighted by atomic mass is 10.0. The molecule has 0 spiro atoms. The molecule has 0 rings (SSSR count). The van der Waals surface area contributed by atoms with E-state index in [0.717, 1.165) is 64.2 Å². The van der Waals surface area contributed by atoms with Gasteiger partial charge in [0.2, 0.25) is 0 Å². The van der Waals surface area contributed by atoms with Gasteiger partial charge < -0.3 is 27.9 Å². The molecule has 0 aliphatic heterocycles. The van der Waals surface area contributed by atoms with Gasteiger partial charge in [0.15, 0.2) is 6.10 Å². The van der Waals surface area contributed by atoms with Crippen LogP contribution in [0.25, 0.3) is 0 Å². The standard InChI is InChI=1S/C83H156NO8P/c1-6-8-10-12-14-16-18-20-22-24-26-28-30-32-34-36-38-40-42-44-46-48-50-52-54-56-58-60-62-64-66-68-70-72-74-76-83(86)92-81(80-91-93(87,88)90-78-77-84(3,4)5)79-89-82(85)75-73-71-69-67-65-63-61-59-57-55-53-51-49-47-45-43-41-39-37-35-33-31-29-27-25-23-21-19-17-15-13-11-9-7-2/h8,10,14,16,20,22,26,28,32,34,81H,6-7,9,11-13,15,17-19,21,23-25,27,29-31,33,35-80H2,1-5H3/b10-8-,16-14-,22-20-,28-26-,34-32-. The number of unbranched alkanes of at least 4 members (excludes halogenated alkanes) is 52. The third-order valence-corrected chi connectivity index (χ3v) is 19.3. The van der Waals surface area contributed by atoms with E-state index in [1.54, 1.807) is 0 Å². The van der Waals surface area contributed by atoms with Crippen molar-refractivity contribution in [1.29, 1.82) is 0 Å². The van der Waals surface area contributed by atoms with Crippen molar-refractivity contribution in [2.75, 3.05) is 47.5 Å². The van der Waals surface area contributed by atoms with Crippen LogP contribution in [0.5, 0.6) is 0 Å². The van der Waals surface area contributed by atoms with Gasteiger partial charge in [-0.2, -0.15) is 0 Å². The molecular weight excluding hydrogens is 1170 g/mol. The number of carbonyl (C=O) groups is 2. The van der Waals surface area contributed by atoms with Gasteiger partial charge in [-0.05, 0) is 57.8 Å². The molecule has 10 heteroatoms. The summed E-state index contributed by atoms with van der Waals surface area (Å²) < 4.78 is 34.4. The highest BCUT2D eigenvalue weighted by atomic mass is 31.2. The highest BCUT2D eigenvalue weighted by Crippen LogP contribution is 2.38. The van der Waals surface area contributed by atoms with Crippen LogP contribution in [0.3, 0.4) is 0 Å². The third kappa shape index (κ3) is 78.6. The van der Waals surface area contributed by atoms with Crippen LogP contribution in [-0.4, -0.2) is 70.0 Å². The van der Waals surface area contributed by atoms with E-state index in [0.29, 0.717) is 17.4 Å². The fourth-order valence-corrected chi connectivity index (χ4v) is 12.9. The molecule has 546 valence electrons. The molecule has 0 aliphatic carbocycles. The summed E-state index contributed by atoms with van der Waals surface area (Å²) in [5.41, 5.74) is 0. The fourth-order valence-electron chi connectivity index (χ4n) is 12.2. The molecule has 0 aromatic rings. The number of likely N-dealkylation sites (N-methyl/N-ethyl adjacent to an activating group) is 1. The van der Waals surface area contributed by atoms with E-state index in [2.05, 4.69) is 74.6 Å². The third-order valence-electron chi connectivity index (χ3n) is 18.3. The number of nitrogens with zero attached hydrogens (tertiary/aromatic N) is 1. The average molecular weight is 1330 g/mol. The van der Waals surface area contributed by atoms with Crippen LogP contribution in [0.4, 0.5) is 0 Å². The molecule has 0 radical (unpaired) electrons. The number of allylic oxidation sites excluding steroid dienone is 10. The highest BCUT2D eigenvalue weighted by Gasteiger charge is 2.22. The van der Waals surface area contributed by atoms with Gasteiger partial charge in [-0.3, -0.25) is 14.2 Å². The maximum atomic E-state index is 12.9. The Morgan fingerprint density at radius 1 is 0.344 bits per heavy atom. The van der Waals surface area contributed by atoms with E-state index in [1.807, 2.05) is 21.1 Å². The normalized spacial score (nSPS) is 13.3. The zero-order chi connectivity index (χ0) is 67.6. The Bertz CT molecular complexity index is 1750. The average Bonchev–Trinajstić information content (AvgIpc) is 2.44. The molecule has 0 aliphatic rings. The van der Waals surface area contributed by atoms with Crippen LogP contribution >= 0.6 is 7.82 Å². The molecule has 0 aromatic heterocycles. The quantitative estimate of drug-likeness (QED) is 0.0195. The largest absolute Gasteiger partial charge is 0.756 e. The minimum absolute atomic E-state index is 0.0285. The predicted octanol–water partition coefficient (Wildman–Crippen LogP) is 26.3. The summed E-state index contributed by atoms with van der Waals surface area (Å²) >= 11 is 0. The molecule has 93 heavy (non-hydrogen) atoms. The number of ether oxygens (including phenoxy) is 2. The Kier molecular flexibility index (Phi) is 72.1. The molecule has 0 bridgehead atoms. The maximum absolute atomic E-state index is 12.9. The van der Waals surface area contributed by atoms with Gasteiger partial charge in [0.1, 0.15) is 19.8 Å². The van der Waals surface area contributed by atoms with Crippen molar-refractivity contribution in [3.63, 3.8) is 0 Å². The first kappa shape index (κ1) is 90.7. The van der Waals surface area contributed by atoms with Crippen LogP contribution in [0.15, 0.2) is 60.8 Å². The van der Waals surface area contributed by atoms with Gasteiger partial charge in [0.25, 0.3) is 7.82 Å². The topological polar surface area (TPSA) is 111 Å². The molecule has 2 atom stereocenters. The van der Waals surface area contributed by atoms with Gasteiger partial charge in [-0.25, -0.2) is 0 Å². The van der Waals surface area contributed by atoms with E-state index in [1.165, 1.54) is 308 Å². The van der Waals surface area contributed by atoms with Gasteiger partial charge in [0.05, 0.1) is 27.7 Å². The SMILES string of the molecule is CC/C=C\C/C=C\C/C=C\C/C=C\C/C=C\CCCCCCCCCCCCCCCCCCCCCC(=O)OC(COC(=O)CCCCCCCCCCCCCCCCCCCCCCCCCCCCCCCCCCCC)COP(=O)([O-])OCC[N+](C)(C)C. The van der Waals surface area contributed by atoms with E-state index in [-0.39, 0.29) is 32.0 Å². The molecule has 0 heterocycles. The monoisotopic (exact) mass is 1330 g/mol. The van der Waals surface area contributed by atoms with Crippen LogP contribution in [0.2, 0.25) is 0 Å². The van der Waals surface area contributed by atoms with Crippen molar-refractivity contribution in [1.82, 2.24) is 0 Å². The van der Waals surface area contributed by atoms with Crippen LogP contribution < -0.4 is 4.89 Å². The van der Waals surface area contributed by atoms with Crippen molar-refractivity contribution in [2.45, 2.75) is 412 Å². The Labute approximate surface area is 578 Å². The first-order valence-corrected chi connectivity index (χ1v) is 42.0. The Hall–Kier alpha value is -2.29. The molecule has 0 saturated heterocycles. The minimum Gasteiger partial charge on any atom is -0.756 e. The van der Waals surface area contributed by atoms with Crippen molar-refractivity contribution in [3.05, 3.63) is 60.8 Å². The van der Waals surface area contributed by atoms with Crippen molar-refractivity contribution >= 4 is 19.8 Å². The second kappa shape index (κ2) is 73.9. The number of phosphoric acid groups is 1. The fraction of sp³-hybridized carbons (Fsp3) is 0.855. The number of esters is 2. The Morgan fingerprint density at radius 3 is 0.914 bits per heavy atom. The number of hydrogen-bond acceptors (Lipinski definition) is 8. The van der Waals surface area contributed by atoms with Crippen molar-refractivity contribution in [3.8, 4) is 0 Å². The molecule has 0 saturated carbocycles. The van der Waals surface area contributed by atoms with E-state index < -0.39 is 26.5 Å². The lowest BCUT2D eigenvalue weighted by Gasteiger charge is -2.28. The Balaban J connectivity index is 3.91.